The highest BCUT2D eigenvalue weighted by atomic mass is 16.5. The maximum Gasteiger partial charge on any atom is 0.254 e. The van der Waals surface area contributed by atoms with E-state index >= 15 is 0 Å². The monoisotopic (exact) mass is 353 g/mol. The van der Waals surface area contributed by atoms with E-state index in [1.54, 1.807) is 38.2 Å². The number of aromatic nitrogens is 3. The molecular formula is C18H19N5O3. The number of fused-ring (bicyclic) bond motifs is 1. The number of nitrogens with one attached hydrogen (secondary N) is 1. The molecule has 8 nitrogen and oxygen atoms in total. The van der Waals surface area contributed by atoms with Gasteiger partial charge in [-0.05, 0) is 39.0 Å². The number of anilines is 1. The summed E-state index contributed by atoms with van der Waals surface area (Å²) in [5, 5.41) is 6.27. The number of aryl methyl sites for hydroxylation is 3. The molecule has 0 radical (unpaired) electrons. The summed E-state index contributed by atoms with van der Waals surface area (Å²) in [7, 11) is 1.56. The van der Waals surface area contributed by atoms with Gasteiger partial charge >= 0.3 is 0 Å². The zero-order valence-electron chi connectivity index (χ0n) is 15.0. The first kappa shape index (κ1) is 17.5. The molecule has 26 heavy (non-hydrogen) atoms. The first-order valence-corrected chi connectivity index (χ1v) is 8.07. The van der Waals surface area contributed by atoms with Crippen LogP contribution in [-0.2, 0) is 4.79 Å². The molecule has 0 unspecified atom stereocenters. The van der Waals surface area contributed by atoms with Crippen LogP contribution in [0, 0.1) is 20.8 Å². The third-order valence-corrected chi connectivity index (χ3v) is 3.95. The van der Waals surface area contributed by atoms with Gasteiger partial charge in [0.2, 0.25) is 5.91 Å². The van der Waals surface area contributed by atoms with Gasteiger partial charge in [-0.2, -0.15) is 0 Å². The van der Waals surface area contributed by atoms with E-state index in [2.05, 4.69) is 20.4 Å². The number of carbonyl (C=O) groups excluding carboxylic acids is 2. The fourth-order valence-corrected chi connectivity index (χ4v) is 2.48. The number of hydrogen-bond donors (Lipinski definition) is 1. The molecule has 0 bridgehead atoms. The van der Waals surface area contributed by atoms with Crippen molar-refractivity contribution in [1.29, 1.82) is 0 Å². The Labute approximate surface area is 150 Å². The molecule has 0 atom stereocenters. The Hall–Kier alpha value is -3.29. The van der Waals surface area contributed by atoms with Crippen molar-refractivity contribution in [2.24, 2.45) is 0 Å². The van der Waals surface area contributed by atoms with E-state index in [0.29, 0.717) is 22.7 Å². The van der Waals surface area contributed by atoms with Crippen molar-refractivity contribution < 1.29 is 14.1 Å². The Morgan fingerprint density at radius 3 is 2.42 bits per heavy atom. The summed E-state index contributed by atoms with van der Waals surface area (Å²) in [5.74, 6) is 0.271. The van der Waals surface area contributed by atoms with Gasteiger partial charge < -0.3 is 14.7 Å². The first-order valence-electron chi connectivity index (χ1n) is 8.07. The lowest BCUT2D eigenvalue weighted by molar-refractivity contribution is -0.116. The van der Waals surface area contributed by atoms with Gasteiger partial charge in [0, 0.05) is 18.7 Å². The minimum absolute atomic E-state index is 0.110. The molecule has 0 aliphatic heterocycles. The molecular weight excluding hydrogens is 334 g/mol. The molecule has 0 saturated heterocycles. The molecule has 0 saturated carbocycles. The van der Waals surface area contributed by atoms with Crippen molar-refractivity contribution in [2.45, 2.75) is 20.8 Å². The second kappa shape index (κ2) is 6.91. The van der Waals surface area contributed by atoms with Crippen molar-refractivity contribution in [2.75, 3.05) is 18.9 Å². The molecule has 8 heteroatoms. The van der Waals surface area contributed by atoms with E-state index < -0.39 is 0 Å². The predicted octanol–water partition coefficient (Wildman–Crippen LogP) is 2.25. The van der Waals surface area contributed by atoms with Crippen LogP contribution in [0.3, 0.4) is 0 Å². The van der Waals surface area contributed by atoms with E-state index in [1.165, 1.54) is 4.90 Å². The molecule has 0 aliphatic rings. The topological polar surface area (TPSA) is 101 Å². The van der Waals surface area contributed by atoms with Crippen LogP contribution < -0.4 is 5.32 Å². The zero-order valence-corrected chi connectivity index (χ0v) is 15.0. The molecule has 2 aromatic heterocycles. The zero-order chi connectivity index (χ0) is 18.8. The van der Waals surface area contributed by atoms with E-state index in [4.69, 9.17) is 4.52 Å². The molecule has 2 amide bonds. The fourth-order valence-electron chi connectivity index (χ4n) is 2.48. The summed E-state index contributed by atoms with van der Waals surface area (Å²) in [5.41, 5.74) is 3.50. The van der Waals surface area contributed by atoms with E-state index in [0.717, 1.165) is 16.9 Å². The maximum absolute atomic E-state index is 12.6. The number of amides is 2. The van der Waals surface area contributed by atoms with E-state index in [-0.39, 0.29) is 18.4 Å². The largest absolute Gasteiger partial charge is 0.360 e. The quantitative estimate of drug-likeness (QED) is 0.772. The van der Waals surface area contributed by atoms with Crippen molar-refractivity contribution >= 4 is 28.7 Å². The molecule has 1 aromatic carbocycles. The molecule has 0 fully saturated rings. The molecule has 2 heterocycles. The Morgan fingerprint density at radius 1 is 1.08 bits per heavy atom. The highest BCUT2D eigenvalue weighted by molar-refractivity contribution is 6.00. The van der Waals surface area contributed by atoms with Crippen molar-refractivity contribution in [3.05, 3.63) is 47.0 Å². The van der Waals surface area contributed by atoms with Crippen LogP contribution in [0.4, 0.5) is 5.82 Å². The molecule has 3 aromatic rings. The van der Waals surface area contributed by atoms with Crippen molar-refractivity contribution in [3.63, 3.8) is 0 Å². The summed E-state index contributed by atoms with van der Waals surface area (Å²) in [6, 6.07) is 6.73. The third kappa shape index (κ3) is 3.69. The number of rotatable bonds is 4. The lowest BCUT2D eigenvalue weighted by Crippen LogP contribution is -2.35. The van der Waals surface area contributed by atoms with Crippen LogP contribution in [0.2, 0.25) is 0 Å². The standard InChI is InChI=1S/C18H19N5O3/c1-10-7-16(22-26-10)21-17(24)9-23(4)18(25)13-5-6-14-15(8-13)20-12(3)11(2)19-14/h5-8H,9H2,1-4H3,(H,21,22,24). The lowest BCUT2D eigenvalue weighted by atomic mass is 10.1. The van der Waals surface area contributed by atoms with Crippen LogP contribution in [0.15, 0.2) is 28.8 Å². The first-order chi connectivity index (χ1) is 12.3. The Morgan fingerprint density at radius 2 is 1.77 bits per heavy atom. The highest BCUT2D eigenvalue weighted by Gasteiger charge is 2.17. The SMILES string of the molecule is Cc1cc(NC(=O)CN(C)C(=O)c2ccc3nc(C)c(C)nc3c2)no1. The van der Waals surface area contributed by atoms with Crippen molar-refractivity contribution in [1.82, 2.24) is 20.0 Å². The number of benzene rings is 1. The average Bonchev–Trinajstić information content (AvgIpc) is 2.99. The van der Waals surface area contributed by atoms with Gasteiger partial charge in [0.25, 0.3) is 5.91 Å². The van der Waals surface area contributed by atoms with Crippen LogP contribution in [0.1, 0.15) is 27.5 Å². The summed E-state index contributed by atoms with van der Waals surface area (Å²) in [6.07, 6.45) is 0. The predicted molar refractivity (Wildman–Crippen MR) is 95.8 cm³/mol. The number of nitrogens with zero attached hydrogens (tertiary/aromatic N) is 4. The smallest absolute Gasteiger partial charge is 0.254 e. The van der Waals surface area contributed by atoms with E-state index in [1.807, 2.05) is 13.8 Å². The van der Waals surface area contributed by atoms with Gasteiger partial charge in [0.05, 0.1) is 29.0 Å². The number of carbonyl (C=O) groups is 2. The second-order valence-corrected chi connectivity index (χ2v) is 6.13. The number of hydrogen-bond acceptors (Lipinski definition) is 6. The summed E-state index contributed by atoms with van der Waals surface area (Å²) in [4.78, 5) is 34.9. The normalized spacial score (nSPS) is 10.8. The van der Waals surface area contributed by atoms with Gasteiger partial charge in [-0.25, -0.2) is 9.97 Å². The minimum Gasteiger partial charge on any atom is -0.360 e. The average molecular weight is 353 g/mol. The maximum atomic E-state index is 12.6. The molecule has 0 aliphatic carbocycles. The minimum atomic E-state index is -0.360. The number of likely N-dealkylation sites (N-methyl/N-ethyl adjacent to an activating group) is 1. The van der Waals surface area contributed by atoms with Crippen LogP contribution in [-0.4, -0.2) is 45.4 Å². The van der Waals surface area contributed by atoms with Gasteiger partial charge in [-0.15, -0.1) is 0 Å². The summed E-state index contributed by atoms with van der Waals surface area (Å²) < 4.78 is 4.89. The molecule has 3 rings (SSSR count). The van der Waals surface area contributed by atoms with Crippen LogP contribution in [0.5, 0.6) is 0 Å². The molecule has 0 spiro atoms. The van der Waals surface area contributed by atoms with Gasteiger partial charge in [-0.1, -0.05) is 5.16 Å². The van der Waals surface area contributed by atoms with Crippen LogP contribution in [0.25, 0.3) is 11.0 Å². The molecule has 134 valence electrons. The summed E-state index contributed by atoms with van der Waals surface area (Å²) in [6.45, 7) is 5.38. The Bertz CT molecular complexity index is 996. The van der Waals surface area contributed by atoms with E-state index in [9.17, 15) is 9.59 Å². The van der Waals surface area contributed by atoms with Gasteiger partial charge in [-0.3, -0.25) is 9.59 Å². The molecule has 1 N–H and O–H groups in total. The highest BCUT2D eigenvalue weighted by Crippen LogP contribution is 2.15. The van der Waals surface area contributed by atoms with Crippen molar-refractivity contribution in [3.8, 4) is 0 Å². The Kier molecular flexibility index (Phi) is 4.66. The lowest BCUT2D eigenvalue weighted by Gasteiger charge is -2.16. The third-order valence-electron chi connectivity index (χ3n) is 3.95. The van der Waals surface area contributed by atoms with Crippen LogP contribution >= 0.6 is 0 Å². The Balaban J connectivity index is 1.72. The van der Waals surface area contributed by atoms with Gasteiger partial charge in [0.15, 0.2) is 5.82 Å². The second-order valence-electron chi connectivity index (χ2n) is 6.13. The fraction of sp³-hybridized carbons (Fsp3) is 0.278. The van der Waals surface area contributed by atoms with Gasteiger partial charge in [0.1, 0.15) is 5.76 Å². The summed E-state index contributed by atoms with van der Waals surface area (Å²) >= 11 is 0.